The second-order valence-electron chi connectivity index (χ2n) is 5.01. The highest BCUT2D eigenvalue weighted by molar-refractivity contribution is 6.34. The van der Waals surface area contributed by atoms with E-state index >= 15 is 0 Å². The van der Waals surface area contributed by atoms with Crippen molar-refractivity contribution in [3.63, 3.8) is 0 Å². The summed E-state index contributed by atoms with van der Waals surface area (Å²) >= 11 is 11.9. The van der Waals surface area contributed by atoms with Gasteiger partial charge in [0.05, 0.1) is 0 Å². The number of nitrogens with one attached hydrogen (secondary N) is 1. The molecule has 5 heteroatoms. The van der Waals surface area contributed by atoms with Crippen LogP contribution in [0.25, 0.3) is 0 Å². The van der Waals surface area contributed by atoms with Crippen molar-refractivity contribution in [3.8, 4) is 0 Å². The van der Waals surface area contributed by atoms with E-state index in [2.05, 4.69) is 22.2 Å². The number of nitrogens with zero attached hydrogens (tertiary/aromatic N) is 2. The van der Waals surface area contributed by atoms with E-state index in [4.69, 9.17) is 23.2 Å². The zero-order valence-corrected chi connectivity index (χ0v) is 12.1. The lowest BCUT2D eigenvalue weighted by Crippen LogP contribution is -2.36. The van der Waals surface area contributed by atoms with E-state index in [0.29, 0.717) is 10.2 Å². The van der Waals surface area contributed by atoms with Gasteiger partial charge in [0.25, 0.3) is 0 Å². The minimum atomic E-state index is 0.447. The van der Waals surface area contributed by atoms with Gasteiger partial charge in [-0.1, -0.05) is 23.2 Å². The van der Waals surface area contributed by atoms with Crippen LogP contribution < -0.4 is 5.32 Å². The summed E-state index contributed by atoms with van der Waals surface area (Å²) in [5.74, 6) is 0.739. The van der Waals surface area contributed by atoms with Crippen molar-refractivity contribution in [2.24, 2.45) is 5.92 Å². The molecule has 18 heavy (non-hydrogen) atoms. The van der Waals surface area contributed by atoms with Crippen LogP contribution in [-0.4, -0.2) is 36.6 Å². The van der Waals surface area contributed by atoms with E-state index in [0.717, 1.165) is 37.7 Å². The van der Waals surface area contributed by atoms with Crippen molar-refractivity contribution in [1.82, 2.24) is 15.2 Å². The van der Waals surface area contributed by atoms with Gasteiger partial charge in [0, 0.05) is 29.9 Å². The van der Waals surface area contributed by atoms with Gasteiger partial charge in [-0.05, 0) is 45.0 Å². The van der Waals surface area contributed by atoms with Gasteiger partial charge < -0.3 is 10.2 Å². The Bertz CT molecular complexity index is 392. The topological polar surface area (TPSA) is 28.2 Å². The van der Waals surface area contributed by atoms with Gasteiger partial charge in [-0.25, -0.2) is 4.98 Å². The number of piperidine rings is 1. The zero-order chi connectivity index (χ0) is 13.0. The molecule has 1 unspecified atom stereocenters. The fourth-order valence-corrected chi connectivity index (χ4v) is 2.85. The molecule has 1 aromatic heterocycles. The summed E-state index contributed by atoms with van der Waals surface area (Å²) in [6, 6.07) is 1.70. The maximum absolute atomic E-state index is 6.15. The van der Waals surface area contributed by atoms with Crippen LogP contribution in [0.4, 0.5) is 0 Å². The van der Waals surface area contributed by atoms with Crippen LogP contribution in [0.1, 0.15) is 18.4 Å². The first-order chi connectivity index (χ1) is 8.65. The Labute approximate surface area is 118 Å². The standard InChI is InChI=1S/C13H19Cl2N3/c1-18(8-10-3-2-4-16-6-10)9-11-7-17-13(15)5-12(11)14/h5,7,10,16H,2-4,6,8-9H2,1H3. The predicted octanol–water partition coefficient (Wildman–Crippen LogP) is 2.82. The van der Waals surface area contributed by atoms with Crippen molar-refractivity contribution < 1.29 is 0 Å². The van der Waals surface area contributed by atoms with E-state index < -0.39 is 0 Å². The molecule has 2 heterocycles. The third kappa shape index (κ3) is 4.09. The third-order valence-corrected chi connectivity index (χ3v) is 3.86. The number of rotatable bonds is 4. The average Bonchev–Trinajstić information content (AvgIpc) is 2.34. The molecule has 0 bridgehead atoms. The Balaban J connectivity index is 1.87. The Hall–Kier alpha value is -0.350. The Morgan fingerprint density at radius 1 is 1.50 bits per heavy atom. The largest absolute Gasteiger partial charge is 0.316 e. The lowest BCUT2D eigenvalue weighted by molar-refractivity contribution is 0.237. The predicted molar refractivity (Wildman–Crippen MR) is 76.2 cm³/mol. The van der Waals surface area contributed by atoms with Crippen LogP contribution >= 0.6 is 23.2 Å². The fourth-order valence-electron chi connectivity index (χ4n) is 2.43. The molecular formula is C13H19Cl2N3. The molecule has 0 saturated carbocycles. The van der Waals surface area contributed by atoms with Crippen LogP contribution in [0.5, 0.6) is 0 Å². The van der Waals surface area contributed by atoms with Crippen molar-refractivity contribution in [3.05, 3.63) is 28.0 Å². The van der Waals surface area contributed by atoms with Crippen molar-refractivity contribution in [1.29, 1.82) is 0 Å². The molecule has 1 N–H and O–H groups in total. The second-order valence-corrected chi connectivity index (χ2v) is 5.80. The SMILES string of the molecule is CN(Cc1cnc(Cl)cc1Cl)CC1CCCNC1. The maximum Gasteiger partial charge on any atom is 0.130 e. The van der Waals surface area contributed by atoms with Crippen LogP contribution in [0.3, 0.4) is 0 Å². The summed E-state index contributed by atoms with van der Waals surface area (Å²) in [6.45, 7) is 4.19. The second kappa shape index (κ2) is 6.71. The minimum Gasteiger partial charge on any atom is -0.316 e. The third-order valence-electron chi connectivity index (χ3n) is 3.31. The number of pyridine rings is 1. The molecule has 0 spiro atoms. The molecule has 0 amide bonds. The summed E-state index contributed by atoms with van der Waals surface area (Å²) < 4.78 is 0. The molecule has 3 nitrogen and oxygen atoms in total. The van der Waals surface area contributed by atoms with Crippen molar-refractivity contribution in [2.75, 3.05) is 26.7 Å². The van der Waals surface area contributed by atoms with Crippen LogP contribution in [0.2, 0.25) is 10.2 Å². The highest BCUT2D eigenvalue weighted by Gasteiger charge is 2.15. The van der Waals surface area contributed by atoms with E-state index in [9.17, 15) is 0 Å². The van der Waals surface area contributed by atoms with Gasteiger partial charge in [-0.2, -0.15) is 0 Å². The summed E-state index contributed by atoms with van der Waals surface area (Å²) in [6.07, 6.45) is 4.35. The maximum atomic E-state index is 6.15. The van der Waals surface area contributed by atoms with Crippen LogP contribution in [-0.2, 0) is 6.54 Å². The van der Waals surface area contributed by atoms with Gasteiger partial charge in [0.1, 0.15) is 5.15 Å². The number of hydrogen-bond donors (Lipinski definition) is 1. The molecule has 1 aromatic rings. The molecule has 100 valence electrons. The summed E-state index contributed by atoms with van der Waals surface area (Å²) in [7, 11) is 2.12. The van der Waals surface area contributed by atoms with Gasteiger partial charge in [0.2, 0.25) is 0 Å². The fraction of sp³-hybridized carbons (Fsp3) is 0.615. The van der Waals surface area contributed by atoms with Gasteiger partial charge in [-0.3, -0.25) is 0 Å². The monoisotopic (exact) mass is 287 g/mol. The first-order valence-corrected chi connectivity index (χ1v) is 7.10. The highest BCUT2D eigenvalue weighted by atomic mass is 35.5. The summed E-state index contributed by atoms with van der Waals surface area (Å²) in [5.41, 5.74) is 1.03. The normalized spacial score (nSPS) is 20.3. The lowest BCUT2D eigenvalue weighted by atomic mass is 9.99. The summed E-state index contributed by atoms with van der Waals surface area (Å²) in [4.78, 5) is 6.38. The molecule has 0 aromatic carbocycles. The minimum absolute atomic E-state index is 0.447. The lowest BCUT2D eigenvalue weighted by Gasteiger charge is -2.27. The van der Waals surface area contributed by atoms with E-state index in [1.54, 1.807) is 12.3 Å². The van der Waals surface area contributed by atoms with Gasteiger partial charge in [-0.15, -0.1) is 0 Å². The number of hydrogen-bond acceptors (Lipinski definition) is 3. The van der Waals surface area contributed by atoms with Crippen molar-refractivity contribution >= 4 is 23.2 Å². The van der Waals surface area contributed by atoms with Gasteiger partial charge >= 0.3 is 0 Å². The van der Waals surface area contributed by atoms with E-state index in [1.807, 2.05) is 0 Å². The summed E-state index contributed by atoms with van der Waals surface area (Å²) in [5, 5.41) is 4.59. The first-order valence-electron chi connectivity index (χ1n) is 6.34. The zero-order valence-electron chi connectivity index (χ0n) is 10.6. The Morgan fingerprint density at radius 3 is 3.00 bits per heavy atom. The van der Waals surface area contributed by atoms with Crippen LogP contribution in [0.15, 0.2) is 12.3 Å². The van der Waals surface area contributed by atoms with Gasteiger partial charge in [0.15, 0.2) is 0 Å². The molecule has 1 aliphatic heterocycles. The molecule has 1 atom stereocenters. The van der Waals surface area contributed by atoms with E-state index in [1.165, 1.54) is 12.8 Å². The number of halogens is 2. The van der Waals surface area contributed by atoms with Crippen molar-refractivity contribution in [2.45, 2.75) is 19.4 Å². The highest BCUT2D eigenvalue weighted by Crippen LogP contribution is 2.20. The number of aromatic nitrogens is 1. The average molecular weight is 288 g/mol. The quantitative estimate of drug-likeness (QED) is 0.864. The molecule has 1 fully saturated rings. The first kappa shape index (κ1) is 14.1. The molecule has 1 saturated heterocycles. The Morgan fingerprint density at radius 2 is 2.33 bits per heavy atom. The molecule has 0 aliphatic carbocycles. The van der Waals surface area contributed by atoms with Crippen LogP contribution in [0, 0.1) is 5.92 Å². The Kier molecular flexibility index (Phi) is 5.25. The smallest absolute Gasteiger partial charge is 0.130 e. The van der Waals surface area contributed by atoms with E-state index in [-0.39, 0.29) is 0 Å². The molecule has 2 rings (SSSR count). The molecular weight excluding hydrogens is 269 g/mol. The molecule has 0 radical (unpaired) electrons. The molecule has 1 aliphatic rings.